The molecule has 10 heteroatoms. The standard InChI is InChI=1S/C37H48N8O2/c1-9-29(25(2)3)34-42-35(39-21-19-37(4,5)47)43-36(45(34)8)40-24-27-13-10-11-14-30(27)33-31-17-16-28(23-26(31)18-20-38-33)41-32(46)15-12-22-44(6)7/h9-18,20,23,25,47H,1,19,21-22,24H2,2-8H3,(H,41,46)(H2,39,40,42,43)/b15-12+,34-29+. The molecule has 0 spiro atoms. The molecule has 1 aliphatic rings. The lowest BCUT2D eigenvalue weighted by atomic mass is 9.99. The summed E-state index contributed by atoms with van der Waals surface area (Å²) in [4.78, 5) is 30.9. The van der Waals surface area contributed by atoms with Crippen molar-refractivity contribution in [3.63, 3.8) is 0 Å². The lowest BCUT2D eigenvalue weighted by Crippen LogP contribution is -2.56. The fourth-order valence-corrected chi connectivity index (χ4v) is 5.13. The number of likely N-dealkylation sites (N-methyl/N-ethyl adjacent to an activating group) is 1. The monoisotopic (exact) mass is 636 g/mol. The summed E-state index contributed by atoms with van der Waals surface area (Å²) in [5, 5.41) is 21.8. The van der Waals surface area contributed by atoms with Gasteiger partial charge >= 0.3 is 0 Å². The van der Waals surface area contributed by atoms with Crippen LogP contribution < -0.4 is 16.0 Å². The molecule has 1 amide bonds. The van der Waals surface area contributed by atoms with Crippen molar-refractivity contribution >= 4 is 34.3 Å². The summed E-state index contributed by atoms with van der Waals surface area (Å²) in [6.07, 6.45) is 7.56. The molecule has 1 saturated heterocycles. The van der Waals surface area contributed by atoms with E-state index >= 15 is 0 Å². The van der Waals surface area contributed by atoms with E-state index in [0.29, 0.717) is 38.0 Å². The summed E-state index contributed by atoms with van der Waals surface area (Å²) >= 11 is 0. The van der Waals surface area contributed by atoms with Gasteiger partial charge in [0.1, 0.15) is 5.82 Å². The van der Waals surface area contributed by atoms with Gasteiger partial charge in [0, 0.05) is 49.0 Å². The number of allylic oxidation sites excluding steroid dienone is 2. The van der Waals surface area contributed by atoms with Crippen molar-refractivity contribution in [2.24, 2.45) is 15.9 Å². The van der Waals surface area contributed by atoms with Crippen LogP contribution in [0, 0.1) is 5.92 Å². The summed E-state index contributed by atoms with van der Waals surface area (Å²) < 4.78 is 0. The van der Waals surface area contributed by atoms with Gasteiger partial charge in [0.2, 0.25) is 17.8 Å². The van der Waals surface area contributed by atoms with Gasteiger partial charge in [0.05, 0.1) is 17.8 Å². The number of hydrogen-bond donors (Lipinski definition) is 4. The maximum Gasteiger partial charge on any atom is 0.248 e. The fourth-order valence-electron chi connectivity index (χ4n) is 5.13. The number of anilines is 1. The quantitative estimate of drug-likeness (QED) is 0.194. The third kappa shape index (κ3) is 9.60. The first-order valence-electron chi connectivity index (χ1n) is 15.9. The molecular weight excluding hydrogens is 588 g/mol. The number of amides is 1. The van der Waals surface area contributed by atoms with Gasteiger partial charge in [-0.15, -0.1) is 0 Å². The second-order valence-corrected chi connectivity index (χ2v) is 12.8. The fraction of sp³-hybridized carbons (Fsp3) is 0.351. The Balaban J connectivity index is 1.64. The lowest BCUT2D eigenvalue weighted by molar-refractivity contribution is -0.111. The van der Waals surface area contributed by atoms with Crippen LogP contribution in [0.2, 0.25) is 0 Å². The zero-order chi connectivity index (χ0) is 34.1. The molecule has 10 nitrogen and oxygen atoms in total. The molecule has 3 aromatic rings. The second-order valence-electron chi connectivity index (χ2n) is 12.8. The van der Waals surface area contributed by atoms with E-state index in [4.69, 9.17) is 15.0 Å². The minimum absolute atomic E-state index is 0.168. The Labute approximate surface area is 278 Å². The first-order chi connectivity index (χ1) is 22.4. The number of aromatic nitrogens is 1. The Hall–Kier alpha value is -4.80. The van der Waals surface area contributed by atoms with Gasteiger partial charge in [0.25, 0.3) is 0 Å². The maximum absolute atomic E-state index is 12.4. The van der Waals surface area contributed by atoms with Crippen LogP contribution in [0.3, 0.4) is 0 Å². The lowest BCUT2D eigenvalue weighted by Gasteiger charge is -2.34. The molecule has 1 aliphatic heterocycles. The van der Waals surface area contributed by atoms with E-state index in [9.17, 15) is 9.90 Å². The molecule has 1 fully saturated rings. The molecule has 4 rings (SSSR count). The number of hydrogen-bond acceptors (Lipinski definition) is 6. The molecule has 2 heterocycles. The van der Waals surface area contributed by atoms with Gasteiger partial charge < -0.3 is 25.5 Å². The molecule has 0 bridgehead atoms. The van der Waals surface area contributed by atoms with Crippen molar-refractivity contribution in [1.29, 1.82) is 0 Å². The topological polar surface area (TPSA) is 117 Å². The van der Waals surface area contributed by atoms with Crippen LogP contribution in [0.5, 0.6) is 0 Å². The first-order valence-corrected chi connectivity index (χ1v) is 15.9. The zero-order valence-corrected chi connectivity index (χ0v) is 28.6. The predicted molar refractivity (Wildman–Crippen MR) is 194 cm³/mol. The molecule has 0 atom stereocenters. The number of benzene rings is 2. The summed E-state index contributed by atoms with van der Waals surface area (Å²) in [5.74, 6) is 2.12. The van der Waals surface area contributed by atoms with Crippen LogP contribution in [0.1, 0.15) is 39.7 Å². The van der Waals surface area contributed by atoms with Crippen molar-refractivity contribution in [3.05, 3.63) is 96.5 Å². The van der Waals surface area contributed by atoms with Crippen LogP contribution in [-0.4, -0.2) is 77.6 Å². The number of guanidine groups is 2. The number of nitrogens with one attached hydrogen (secondary N) is 3. The molecule has 2 aromatic carbocycles. The maximum atomic E-state index is 12.4. The first kappa shape index (κ1) is 35.1. The number of carbonyl (C=O) groups is 1. The van der Waals surface area contributed by atoms with Crippen LogP contribution >= 0.6 is 0 Å². The Bertz CT molecular complexity index is 1710. The van der Waals surface area contributed by atoms with E-state index in [-0.39, 0.29) is 11.8 Å². The summed E-state index contributed by atoms with van der Waals surface area (Å²) in [5.41, 5.74) is 3.78. The van der Waals surface area contributed by atoms with E-state index in [1.807, 2.05) is 79.5 Å². The minimum atomic E-state index is -0.812. The summed E-state index contributed by atoms with van der Waals surface area (Å²) in [7, 11) is 5.87. The van der Waals surface area contributed by atoms with E-state index < -0.39 is 5.60 Å². The Morgan fingerprint density at radius 3 is 2.62 bits per heavy atom. The molecule has 248 valence electrons. The van der Waals surface area contributed by atoms with Gasteiger partial charge in [0.15, 0.2) is 0 Å². The number of nitrogens with zero attached hydrogens (tertiary/aromatic N) is 5. The molecular formula is C37H48N8O2. The van der Waals surface area contributed by atoms with Crippen LogP contribution in [-0.2, 0) is 11.3 Å². The average molecular weight is 637 g/mol. The highest BCUT2D eigenvalue weighted by molar-refractivity contribution is 6.04. The SMILES string of the molecule is C=C/C(=C1/NC(=NCCC(C)(C)O)NC(=NCc2ccccc2-c2nccc3cc(NC(=O)/C=C/CN(C)C)ccc23)N1C)C(C)C. The molecule has 4 N–H and O–H groups in total. The van der Waals surface area contributed by atoms with Crippen molar-refractivity contribution in [1.82, 2.24) is 25.4 Å². The van der Waals surface area contributed by atoms with Gasteiger partial charge in [-0.3, -0.25) is 20.1 Å². The number of fused-ring (bicyclic) bond motifs is 1. The largest absolute Gasteiger partial charge is 0.390 e. The van der Waals surface area contributed by atoms with Crippen LogP contribution in [0.25, 0.3) is 22.0 Å². The molecule has 0 saturated carbocycles. The molecule has 0 radical (unpaired) electrons. The molecule has 47 heavy (non-hydrogen) atoms. The molecule has 1 aromatic heterocycles. The van der Waals surface area contributed by atoms with E-state index in [1.54, 1.807) is 26.1 Å². The number of rotatable bonds is 12. The van der Waals surface area contributed by atoms with E-state index in [2.05, 4.69) is 48.5 Å². The van der Waals surface area contributed by atoms with Crippen molar-refractivity contribution in [2.45, 2.75) is 46.3 Å². The van der Waals surface area contributed by atoms with E-state index in [1.165, 1.54) is 0 Å². The predicted octanol–water partition coefficient (Wildman–Crippen LogP) is 5.51. The van der Waals surface area contributed by atoms with Crippen molar-refractivity contribution in [3.8, 4) is 11.3 Å². The number of carbonyl (C=O) groups excluding carboxylic acids is 1. The highest BCUT2D eigenvalue weighted by atomic mass is 16.3. The van der Waals surface area contributed by atoms with Gasteiger partial charge in [-0.25, -0.2) is 4.99 Å². The number of aliphatic hydroxyl groups is 1. The van der Waals surface area contributed by atoms with Crippen LogP contribution in [0.15, 0.2) is 101 Å². The van der Waals surface area contributed by atoms with Crippen LogP contribution in [0.4, 0.5) is 5.69 Å². The minimum Gasteiger partial charge on any atom is -0.390 e. The normalized spacial score (nSPS) is 16.7. The van der Waals surface area contributed by atoms with Gasteiger partial charge in [-0.1, -0.05) is 62.9 Å². The van der Waals surface area contributed by atoms with E-state index in [0.717, 1.165) is 44.7 Å². The Morgan fingerprint density at radius 1 is 1.15 bits per heavy atom. The zero-order valence-electron chi connectivity index (χ0n) is 28.6. The number of pyridine rings is 1. The molecule has 0 aliphatic carbocycles. The summed E-state index contributed by atoms with van der Waals surface area (Å²) in [6, 6.07) is 15.9. The third-order valence-corrected chi connectivity index (χ3v) is 7.67. The second kappa shape index (κ2) is 15.7. The highest BCUT2D eigenvalue weighted by Gasteiger charge is 2.25. The average Bonchev–Trinajstić information content (AvgIpc) is 3.00. The third-order valence-electron chi connectivity index (χ3n) is 7.67. The van der Waals surface area contributed by atoms with Crippen molar-refractivity contribution < 1.29 is 9.90 Å². The van der Waals surface area contributed by atoms with Gasteiger partial charge in [-0.2, -0.15) is 0 Å². The highest BCUT2D eigenvalue weighted by Crippen LogP contribution is 2.31. The van der Waals surface area contributed by atoms with Crippen molar-refractivity contribution in [2.75, 3.05) is 39.5 Å². The smallest absolute Gasteiger partial charge is 0.248 e. The Kier molecular flexibility index (Phi) is 11.7. The summed E-state index contributed by atoms with van der Waals surface area (Å²) in [6.45, 7) is 13.4. The number of aliphatic imine (C=N–C) groups is 2. The van der Waals surface area contributed by atoms with Gasteiger partial charge in [-0.05, 0) is 75.0 Å². The molecule has 0 unspecified atom stereocenters. The Morgan fingerprint density at radius 2 is 1.91 bits per heavy atom.